The number of ether oxygens (including phenoxy) is 2. The summed E-state index contributed by atoms with van der Waals surface area (Å²) < 4.78 is 12.4. The molecule has 4 nitrogen and oxygen atoms in total. The zero-order valence-electron chi connectivity index (χ0n) is 12.8. The predicted molar refractivity (Wildman–Crippen MR) is 89.3 cm³/mol. The maximum Gasteiger partial charge on any atom is 0.254 e. The maximum absolute atomic E-state index is 12.2. The molecule has 0 bridgehead atoms. The Balaban J connectivity index is 1.75. The predicted octanol–water partition coefficient (Wildman–Crippen LogP) is 3.70. The van der Waals surface area contributed by atoms with E-state index in [1.807, 2.05) is 54.6 Å². The van der Waals surface area contributed by atoms with Gasteiger partial charge in [-0.25, -0.2) is 0 Å². The Labute approximate surface area is 134 Å². The lowest BCUT2D eigenvalue weighted by molar-refractivity contribution is 0.414. The molecule has 1 heterocycles. The van der Waals surface area contributed by atoms with Gasteiger partial charge in [-0.15, -0.1) is 0 Å². The fourth-order valence-corrected chi connectivity index (χ4v) is 2.24. The summed E-state index contributed by atoms with van der Waals surface area (Å²) in [6.45, 7) is 0.508. The van der Waals surface area contributed by atoms with Crippen molar-refractivity contribution >= 4 is 0 Å². The second-order valence-corrected chi connectivity index (χ2v) is 5.09. The van der Waals surface area contributed by atoms with Gasteiger partial charge < -0.3 is 14.0 Å². The van der Waals surface area contributed by atoms with Gasteiger partial charge in [0.1, 0.15) is 17.2 Å². The summed E-state index contributed by atoms with van der Waals surface area (Å²) in [5.41, 5.74) is 0.930. The van der Waals surface area contributed by atoms with Crippen molar-refractivity contribution in [2.75, 3.05) is 7.11 Å². The molecule has 0 unspecified atom stereocenters. The third kappa shape index (κ3) is 3.80. The molecule has 0 aliphatic rings. The lowest BCUT2D eigenvalue weighted by atomic mass is 10.2. The van der Waals surface area contributed by atoms with Crippen LogP contribution >= 0.6 is 0 Å². The average Bonchev–Trinajstić information content (AvgIpc) is 2.59. The highest BCUT2D eigenvalue weighted by atomic mass is 16.5. The Morgan fingerprint density at radius 2 is 1.61 bits per heavy atom. The van der Waals surface area contributed by atoms with Crippen LogP contribution in [0.4, 0.5) is 0 Å². The van der Waals surface area contributed by atoms with E-state index in [1.165, 1.54) is 6.07 Å². The van der Waals surface area contributed by atoms with Crippen LogP contribution in [-0.2, 0) is 6.54 Å². The SMILES string of the molecule is COc1ccc(Cn2ccc(Oc3ccccc3)cc2=O)cc1. The van der Waals surface area contributed by atoms with Crippen LogP contribution in [0.15, 0.2) is 77.7 Å². The van der Waals surface area contributed by atoms with Crippen molar-refractivity contribution in [2.24, 2.45) is 0 Å². The molecule has 0 N–H and O–H groups in total. The fraction of sp³-hybridized carbons (Fsp3) is 0.105. The first-order valence-corrected chi connectivity index (χ1v) is 7.31. The molecule has 0 aliphatic heterocycles. The number of para-hydroxylation sites is 1. The smallest absolute Gasteiger partial charge is 0.254 e. The Kier molecular flexibility index (Phi) is 4.43. The minimum atomic E-state index is -0.103. The topological polar surface area (TPSA) is 40.5 Å². The van der Waals surface area contributed by atoms with Crippen LogP contribution in [0.2, 0.25) is 0 Å². The second-order valence-electron chi connectivity index (χ2n) is 5.09. The lowest BCUT2D eigenvalue weighted by Gasteiger charge is -2.09. The third-order valence-electron chi connectivity index (χ3n) is 3.46. The van der Waals surface area contributed by atoms with Crippen LogP contribution in [-0.4, -0.2) is 11.7 Å². The molecule has 0 fully saturated rings. The van der Waals surface area contributed by atoms with Gasteiger partial charge >= 0.3 is 0 Å². The monoisotopic (exact) mass is 307 g/mol. The molecule has 0 aliphatic carbocycles. The second kappa shape index (κ2) is 6.83. The van der Waals surface area contributed by atoms with Gasteiger partial charge in [-0.1, -0.05) is 30.3 Å². The first kappa shape index (κ1) is 14.9. The molecule has 0 amide bonds. The highest BCUT2D eigenvalue weighted by molar-refractivity contribution is 5.30. The average molecular weight is 307 g/mol. The van der Waals surface area contributed by atoms with E-state index in [9.17, 15) is 4.79 Å². The Morgan fingerprint density at radius 3 is 2.26 bits per heavy atom. The van der Waals surface area contributed by atoms with Gasteiger partial charge in [-0.3, -0.25) is 4.79 Å². The van der Waals surface area contributed by atoms with Crippen LogP contribution < -0.4 is 15.0 Å². The summed E-state index contributed by atoms with van der Waals surface area (Å²) in [6, 6.07) is 20.3. The summed E-state index contributed by atoms with van der Waals surface area (Å²) in [4.78, 5) is 12.2. The first-order chi connectivity index (χ1) is 11.2. The molecule has 23 heavy (non-hydrogen) atoms. The molecule has 116 valence electrons. The van der Waals surface area contributed by atoms with E-state index in [0.29, 0.717) is 18.0 Å². The minimum absolute atomic E-state index is 0.103. The fourth-order valence-electron chi connectivity index (χ4n) is 2.24. The van der Waals surface area contributed by atoms with Gasteiger partial charge in [0.25, 0.3) is 5.56 Å². The Hall–Kier alpha value is -3.01. The molecular weight excluding hydrogens is 290 g/mol. The van der Waals surface area contributed by atoms with Crippen molar-refractivity contribution in [3.8, 4) is 17.2 Å². The van der Waals surface area contributed by atoms with Crippen LogP contribution in [0.1, 0.15) is 5.56 Å². The van der Waals surface area contributed by atoms with Crippen molar-refractivity contribution in [3.05, 3.63) is 88.8 Å². The molecular formula is C19H17NO3. The third-order valence-corrected chi connectivity index (χ3v) is 3.46. The number of hydrogen-bond acceptors (Lipinski definition) is 3. The number of rotatable bonds is 5. The van der Waals surface area contributed by atoms with E-state index in [0.717, 1.165) is 11.3 Å². The van der Waals surface area contributed by atoms with E-state index >= 15 is 0 Å². The standard InChI is InChI=1S/C19H17NO3/c1-22-16-9-7-15(8-10-16)14-20-12-11-18(13-19(20)21)23-17-5-3-2-4-6-17/h2-13H,14H2,1H3. The van der Waals surface area contributed by atoms with Crippen LogP contribution in [0.25, 0.3) is 0 Å². The normalized spacial score (nSPS) is 10.3. The number of aromatic nitrogens is 1. The number of pyridine rings is 1. The lowest BCUT2D eigenvalue weighted by Crippen LogP contribution is -2.18. The highest BCUT2D eigenvalue weighted by Crippen LogP contribution is 2.19. The molecule has 4 heteroatoms. The number of methoxy groups -OCH3 is 1. The van der Waals surface area contributed by atoms with E-state index in [4.69, 9.17) is 9.47 Å². The zero-order valence-corrected chi connectivity index (χ0v) is 12.8. The number of hydrogen-bond donors (Lipinski definition) is 0. The summed E-state index contributed by atoms with van der Waals surface area (Å²) in [6.07, 6.45) is 1.74. The van der Waals surface area contributed by atoms with Crippen molar-refractivity contribution < 1.29 is 9.47 Å². The molecule has 3 aromatic rings. The number of benzene rings is 2. The summed E-state index contributed by atoms with van der Waals surface area (Å²) in [5.74, 6) is 2.04. The summed E-state index contributed by atoms with van der Waals surface area (Å²) in [7, 11) is 1.63. The molecule has 3 rings (SSSR count). The number of nitrogens with zero attached hydrogens (tertiary/aromatic N) is 1. The molecule has 0 radical (unpaired) electrons. The Bertz CT molecular complexity index is 823. The van der Waals surface area contributed by atoms with Gasteiger partial charge in [0.15, 0.2) is 0 Å². The molecule has 0 saturated heterocycles. The molecule has 0 saturated carbocycles. The van der Waals surface area contributed by atoms with Gasteiger partial charge in [0, 0.05) is 12.3 Å². The highest BCUT2D eigenvalue weighted by Gasteiger charge is 2.02. The van der Waals surface area contributed by atoms with Crippen molar-refractivity contribution in [3.63, 3.8) is 0 Å². The van der Waals surface area contributed by atoms with E-state index in [-0.39, 0.29) is 5.56 Å². The van der Waals surface area contributed by atoms with Crippen LogP contribution in [0.5, 0.6) is 17.2 Å². The largest absolute Gasteiger partial charge is 0.497 e. The first-order valence-electron chi connectivity index (χ1n) is 7.31. The maximum atomic E-state index is 12.2. The van der Waals surface area contributed by atoms with Crippen molar-refractivity contribution in [1.82, 2.24) is 4.57 Å². The van der Waals surface area contributed by atoms with Crippen LogP contribution in [0, 0.1) is 0 Å². The molecule has 1 aromatic heterocycles. The van der Waals surface area contributed by atoms with E-state index in [2.05, 4.69) is 0 Å². The molecule has 0 spiro atoms. The zero-order chi connectivity index (χ0) is 16.1. The van der Waals surface area contributed by atoms with Crippen molar-refractivity contribution in [2.45, 2.75) is 6.54 Å². The van der Waals surface area contributed by atoms with Gasteiger partial charge in [0.05, 0.1) is 13.7 Å². The minimum Gasteiger partial charge on any atom is -0.497 e. The van der Waals surface area contributed by atoms with E-state index < -0.39 is 0 Å². The van der Waals surface area contributed by atoms with Gasteiger partial charge in [0.2, 0.25) is 0 Å². The Morgan fingerprint density at radius 1 is 0.870 bits per heavy atom. The van der Waals surface area contributed by atoms with Crippen molar-refractivity contribution in [1.29, 1.82) is 0 Å². The summed E-state index contributed by atoms with van der Waals surface area (Å²) in [5, 5.41) is 0. The van der Waals surface area contributed by atoms with Gasteiger partial charge in [-0.05, 0) is 35.9 Å². The van der Waals surface area contributed by atoms with E-state index in [1.54, 1.807) is 23.9 Å². The van der Waals surface area contributed by atoms with Gasteiger partial charge in [-0.2, -0.15) is 0 Å². The molecule has 2 aromatic carbocycles. The quantitative estimate of drug-likeness (QED) is 0.721. The van der Waals surface area contributed by atoms with Crippen LogP contribution in [0.3, 0.4) is 0 Å². The summed E-state index contributed by atoms with van der Waals surface area (Å²) >= 11 is 0. The molecule has 0 atom stereocenters.